The van der Waals surface area contributed by atoms with Crippen LogP contribution in [0.5, 0.6) is 0 Å². The van der Waals surface area contributed by atoms with Crippen LogP contribution in [0.3, 0.4) is 0 Å². The van der Waals surface area contributed by atoms with Crippen LogP contribution in [0, 0.1) is 0 Å². The molecule has 4 nitrogen and oxygen atoms in total. The van der Waals surface area contributed by atoms with Gasteiger partial charge >= 0.3 is 0 Å². The van der Waals surface area contributed by atoms with E-state index < -0.39 is 0 Å². The van der Waals surface area contributed by atoms with Crippen LogP contribution in [-0.4, -0.2) is 41.6 Å². The van der Waals surface area contributed by atoms with Crippen molar-refractivity contribution in [3.8, 4) is 10.6 Å². The molecule has 0 spiro atoms. The molecule has 0 bridgehead atoms. The summed E-state index contributed by atoms with van der Waals surface area (Å²) in [5.41, 5.74) is 3.27. The van der Waals surface area contributed by atoms with Gasteiger partial charge in [-0.2, -0.15) is 0 Å². The van der Waals surface area contributed by atoms with E-state index in [0.29, 0.717) is 6.42 Å². The van der Waals surface area contributed by atoms with E-state index in [4.69, 9.17) is 4.74 Å². The molecule has 2 aromatic carbocycles. The number of carbonyl (C=O) groups is 1. The third-order valence-electron chi connectivity index (χ3n) is 5.29. The summed E-state index contributed by atoms with van der Waals surface area (Å²) in [6.45, 7) is 2.28. The molecule has 4 rings (SSSR count). The number of carbonyl (C=O) groups excluding carboxylic acids is 1. The van der Waals surface area contributed by atoms with E-state index >= 15 is 0 Å². The maximum Gasteiger partial charge on any atom is 0.228 e. The summed E-state index contributed by atoms with van der Waals surface area (Å²) >= 11 is 1.60. The molecule has 0 aliphatic carbocycles. The van der Waals surface area contributed by atoms with Crippen molar-refractivity contribution in [2.24, 2.45) is 0 Å². The van der Waals surface area contributed by atoms with Crippen molar-refractivity contribution in [3.05, 3.63) is 77.3 Å². The summed E-state index contributed by atoms with van der Waals surface area (Å²) in [4.78, 5) is 19.3. The van der Waals surface area contributed by atoms with E-state index in [1.165, 1.54) is 5.56 Å². The largest absolute Gasteiger partial charge is 0.378 e. The Hall–Kier alpha value is -2.50. The smallest absolute Gasteiger partial charge is 0.228 e. The van der Waals surface area contributed by atoms with Crippen LogP contribution >= 0.6 is 11.3 Å². The van der Waals surface area contributed by atoms with Crippen LogP contribution < -0.4 is 0 Å². The monoisotopic (exact) mass is 406 g/mol. The number of rotatable bonds is 7. The molecule has 1 saturated heterocycles. The fourth-order valence-corrected chi connectivity index (χ4v) is 4.45. The van der Waals surface area contributed by atoms with Crippen LogP contribution in [0.25, 0.3) is 10.6 Å². The quantitative estimate of drug-likeness (QED) is 0.576. The topological polar surface area (TPSA) is 42.4 Å². The molecule has 0 unspecified atom stereocenters. The van der Waals surface area contributed by atoms with Crippen molar-refractivity contribution in [1.82, 2.24) is 9.88 Å². The van der Waals surface area contributed by atoms with Gasteiger partial charge in [0, 0.05) is 24.0 Å². The first-order chi connectivity index (χ1) is 14.3. The van der Waals surface area contributed by atoms with Crippen molar-refractivity contribution < 1.29 is 9.53 Å². The lowest BCUT2D eigenvalue weighted by Gasteiger charge is -2.32. The van der Waals surface area contributed by atoms with E-state index in [1.807, 2.05) is 46.7 Å². The Bertz CT molecular complexity index is 903. The second-order valence-corrected chi connectivity index (χ2v) is 8.23. The Kier molecular flexibility index (Phi) is 6.70. The number of ether oxygens (including phenoxy) is 1. The summed E-state index contributed by atoms with van der Waals surface area (Å²) in [5.74, 6) is 0.164. The lowest BCUT2D eigenvalue weighted by molar-refractivity contribution is -0.133. The average Bonchev–Trinajstić information content (AvgIpc) is 3.24. The Morgan fingerprint density at radius 2 is 1.72 bits per heavy atom. The minimum atomic E-state index is 0.164. The highest BCUT2D eigenvalue weighted by Crippen LogP contribution is 2.24. The molecule has 1 fully saturated rings. The van der Waals surface area contributed by atoms with Gasteiger partial charge in [-0.05, 0) is 24.8 Å². The van der Waals surface area contributed by atoms with E-state index in [9.17, 15) is 4.79 Å². The number of amides is 1. The van der Waals surface area contributed by atoms with Crippen molar-refractivity contribution in [2.45, 2.75) is 31.8 Å². The summed E-state index contributed by atoms with van der Waals surface area (Å²) in [6.07, 6.45) is 3.39. The molecule has 1 aliphatic rings. The fraction of sp³-hybridized carbons (Fsp3) is 0.333. The van der Waals surface area contributed by atoms with Crippen molar-refractivity contribution >= 4 is 17.2 Å². The molecule has 3 aromatic rings. The molecule has 2 heterocycles. The Morgan fingerprint density at radius 3 is 2.45 bits per heavy atom. The zero-order valence-electron chi connectivity index (χ0n) is 16.5. The third kappa shape index (κ3) is 5.52. The molecule has 0 N–H and O–H groups in total. The highest BCUT2D eigenvalue weighted by molar-refractivity contribution is 7.13. The molecule has 0 atom stereocenters. The number of nitrogens with zero attached hydrogens (tertiary/aromatic N) is 2. The zero-order valence-corrected chi connectivity index (χ0v) is 17.3. The summed E-state index contributed by atoms with van der Waals surface area (Å²) in [7, 11) is 0. The van der Waals surface area contributed by atoms with Crippen LogP contribution in [0.4, 0.5) is 0 Å². The maximum atomic E-state index is 12.7. The molecular formula is C24H26N2O2S. The maximum absolute atomic E-state index is 12.7. The molecule has 1 aromatic heterocycles. The van der Waals surface area contributed by atoms with Gasteiger partial charge in [0.1, 0.15) is 5.01 Å². The average molecular weight is 407 g/mol. The number of likely N-dealkylation sites (tertiary alicyclic amines) is 1. The number of benzene rings is 2. The van der Waals surface area contributed by atoms with Crippen LogP contribution in [-0.2, 0) is 22.4 Å². The minimum absolute atomic E-state index is 0.164. The third-order valence-corrected chi connectivity index (χ3v) is 6.23. The predicted octanol–water partition coefficient (Wildman–Crippen LogP) is 4.60. The molecule has 150 valence electrons. The van der Waals surface area contributed by atoms with Gasteiger partial charge in [-0.3, -0.25) is 4.79 Å². The minimum Gasteiger partial charge on any atom is -0.378 e. The lowest BCUT2D eigenvalue weighted by Crippen LogP contribution is -2.41. The highest BCUT2D eigenvalue weighted by atomic mass is 32.1. The second-order valence-electron chi connectivity index (χ2n) is 7.37. The van der Waals surface area contributed by atoms with Gasteiger partial charge in [0.25, 0.3) is 0 Å². The molecule has 29 heavy (non-hydrogen) atoms. The number of aromatic nitrogens is 1. The van der Waals surface area contributed by atoms with Crippen LogP contribution in [0.1, 0.15) is 24.1 Å². The van der Waals surface area contributed by atoms with Gasteiger partial charge in [-0.15, -0.1) is 11.3 Å². The summed E-state index contributed by atoms with van der Waals surface area (Å²) in [5, 5.41) is 2.97. The number of hydrogen-bond donors (Lipinski definition) is 0. The van der Waals surface area contributed by atoms with Gasteiger partial charge in [-0.25, -0.2) is 4.98 Å². The Balaban J connectivity index is 1.21. The predicted molar refractivity (Wildman–Crippen MR) is 117 cm³/mol. The molecule has 1 aliphatic heterocycles. The first kappa shape index (κ1) is 19.8. The number of thiazole rings is 1. The first-order valence-electron chi connectivity index (χ1n) is 10.2. The Labute approximate surface area is 176 Å². The van der Waals surface area contributed by atoms with Gasteiger partial charge in [0.05, 0.1) is 24.8 Å². The van der Waals surface area contributed by atoms with E-state index in [-0.39, 0.29) is 12.0 Å². The van der Waals surface area contributed by atoms with Crippen LogP contribution in [0.15, 0.2) is 66.0 Å². The fourth-order valence-electron chi connectivity index (χ4n) is 3.63. The van der Waals surface area contributed by atoms with Crippen molar-refractivity contribution in [3.63, 3.8) is 0 Å². The Morgan fingerprint density at radius 1 is 1.03 bits per heavy atom. The van der Waals surface area contributed by atoms with Crippen LogP contribution in [0.2, 0.25) is 0 Å². The van der Waals surface area contributed by atoms with Crippen molar-refractivity contribution in [1.29, 1.82) is 0 Å². The second kappa shape index (κ2) is 9.81. The van der Waals surface area contributed by atoms with Gasteiger partial charge in [0.2, 0.25) is 5.91 Å². The first-order valence-corrected chi connectivity index (χ1v) is 11.1. The molecule has 0 saturated carbocycles. The number of hydrogen-bond acceptors (Lipinski definition) is 4. The van der Waals surface area contributed by atoms with Gasteiger partial charge < -0.3 is 9.64 Å². The van der Waals surface area contributed by atoms with E-state index in [2.05, 4.69) is 29.2 Å². The molecule has 1 amide bonds. The zero-order chi connectivity index (χ0) is 19.9. The molecule has 5 heteroatoms. The van der Waals surface area contributed by atoms with E-state index in [1.54, 1.807) is 11.3 Å². The van der Waals surface area contributed by atoms with Gasteiger partial charge in [0.15, 0.2) is 0 Å². The number of piperidine rings is 1. The normalized spacial score (nSPS) is 14.8. The van der Waals surface area contributed by atoms with Crippen molar-refractivity contribution in [2.75, 3.05) is 19.7 Å². The van der Waals surface area contributed by atoms with E-state index in [0.717, 1.165) is 55.2 Å². The SMILES string of the molecule is O=C(Cc1csc(-c2ccccc2)n1)N1CCC(OCCc2ccccc2)CC1. The highest BCUT2D eigenvalue weighted by Gasteiger charge is 2.23. The summed E-state index contributed by atoms with van der Waals surface area (Å²) in [6, 6.07) is 20.5. The molecule has 0 radical (unpaired) electrons. The molecular weight excluding hydrogens is 380 g/mol. The standard InChI is InChI=1S/C24H26N2O2S/c27-23(17-21-18-29-24(25-21)20-9-5-2-6-10-20)26-14-11-22(12-15-26)28-16-13-19-7-3-1-4-8-19/h1-10,18,22H,11-17H2. The van der Waals surface area contributed by atoms with Gasteiger partial charge in [-0.1, -0.05) is 60.7 Å². The summed E-state index contributed by atoms with van der Waals surface area (Å²) < 4.78 is 6.04. The lowest BCUT2D eigenvalue weighted by atomic mass is 10.1.